The molecule has 31 heavy (non-hydrogen) atoms. The number of unbranched alkanes of at least 4 members (excludes halogenated alkanes) is 1. The minimum atomic E-state index is -4.62. The van der Waals surface area contributed by atoms with Gasteiger partial charge in [-0.15, -0.1) is 13.2 Å². The van der Waals surface area contributed by atoms with Gasteiger partial charge in [-0.25, -0.2) is 0 Å². The Morgan fingerprint density at radius 1 is 0.806 bits per heavy atom. The van der Waals surface area contributed by atoms with Gasteiger partial charge >= 0.3 is 6.36 Å². The molecule has 0 unspecified atom stereocenters. The average Bonchev–Trinajstić information content (AvgIpc) is 2.76. The minimum Gasteiger partial charge on any atom is -0.406 e. The standard InChI is InChI=1S/C26H39F3O2/c1-2-3-18-30-19-22-8-6-20(7-9-22)4-5-21-10-12-23(13-11-21)24-14-16-25(17-15-24)31-26(27,28)29/h14-17,20-23H,2-13,18-19H2,1H3. The molecule has 2 nitrogen and oxygen atoms in total. The summed E-state index contributed by atoms with van der Waals surface area (Å²) in [6.45, 7) is 4.08. The van der Waals surface area contributed by atoms with E-state index < -0.39 is 6.36 Å². The van der Waals surface area contributed by atoms with Gasteiger partial charge in [-0.3, -0.25) is 0 Å². The van der Waals surface area contributed by atoms with Crippen LogP contribution in [-0.4, -0.2) is 19.6 Å². The second-order valence-corrected chi connectivity index (χ2v) is 9.73. The molecule has 0 spiro atoms. The summed E-state index contributed by atoms with van der Waals surface area (Å²) in [6.07, 6.45) is 10.6. The maximum atomic E-state index is 12.3. The van der Waals surface area contributed by atoms with Gasteiger partial charge in [0.2, 0.25) is 0 Å². The van der Waals surface area contributed by atoms with Gasteiger partial charge in [0, 0.05) is 13.2 Å². The summed E-state index contributed by atoms with van der Waals surface area (Å²) >= 11 is 0. The Balaban J connectivity index is 1.30. The SMILES string of the molecule is CCCCOCC1CCC(CCC2CCC(c3ccc(OC(F)(F)F)cc3)CC2)CC1. The zero-order valence-corrected chi connectivity index (χ0v) is 19.0. The summed E-state index contributed by atoms with van der Waals surface area (Å²) in [6, 6.07) is 6.49. The highest BCUT2D eigenvalue weighted by atomic mass is 19.4. The van der Waals surface area contributed by atoms with Crippen molar-refractivity contribution in [1.82, 2.24) is 0 Å². The van der Waals surface area contributed by atoms with Crippen molar-refractivity contribution in [3.63, 3.8) is 0 Å². The van der Waals surface area contributed by atoms with Crippen LogP contribution in [0.3, 0.4) is 0 Å². The Morgan fingerprint density at radius 3 is 1.90 bits per heavy atom. The van der Waals surface area contributed by atoms with E-state index in [4.69, 9.17) is 4.74 Å². The van der Waals surface area contributed by atoms with Crippen LogP contribution in [0.15, 0.2) is 24.3 Å². The molecule has 1 aromatic rings. The molecule has 0 heterocycles. The Hall–Kier alpha value is -1.23. The molecule has 2 aliphatic carbocycles. The van der Waals surface area contributed by atoms with Crippen molar-refractivity contribution in [2.45, 2.75) is 96.3 Å². The summed E-state index contributed by atoms with van der Waals surface area (Å²) in [5.74, 6) is 2.83. The smallest absolute Gasteiger partial charge is 0.406 e. The summed E-state index contributed by atoms with van der Waals surface area (Å²) < 4.78 is 46.7. The number of benzene rings is 1. The Kier molecular flexibility index (Phi) is 9.55. The number of hydrogen-bond acceptors (Lipinski definition) is 2. The Labute approximate surface area is 185 Å². The number of ether oxygens (including phenoxy) is 2. The fraction of sp³-hybridized carbons (Fsp3) is 0.769. The lowest BCUT2D eigenvalue weighted by Gasteiger charge is -2.32. The fourth-order valence-corrected chi connectivity index (χ4v) is 5.38. The number of rotatable bonds is 10. The maximum absolute atomic E-state index is 12.3. The summed E-state index contributed by atoms with van der Waals surface area (Å²) in [7, 11) is 0. The van der Waals surface area contributed by atoms with Gasteiger partial charge in [0.25, 0.3) is 0 Å². The van der Waals surface area contributed by atoms with Gasteiger partial charge < -0.3 is 9.47 Å². The first kappa shape index (κ1) is 24.4. The van der Waals surface area contributed by atoms with Gasteiger partial charge in [-0.1, -0.05) is 51.2 Å². The highest BCUT2D eigenvalue weighted by molar-refractivity contribution is 5.29. The van der Waals surface area contributed by atoms with Crippen LogP contribution in [0.4, 0.5) is 13.2 Å². The molecule has 176 valence electrons. The molecule has 0 aromatic heterocycles. The van der Waals surface area contributed by atoms with E-state index in [2.05, 4.69) is 11.7 Å². The van der Waals surface area contributed by atoms with Crippen LogP contribution in [0, 0.1) is 17.8 Å². The van der Waals surface area contributed by atoms with Crippen LogP contribution in [-0.2, 0) is 4.74 Å². The molecule has 0 radical (unpaired) electrons. The van der Waals surface area contributed by atoms with E-state index >= 15 is 0 Å². The third-order valence-corrected chi connectivity index (χ3v) is 7.38. The third kappa shape index (κ3) is 8.67. The molecule has 0 amide bonds. The fourth-order valence-electron chi connectivity index (χ4n) is 5.38. The van der Waals surface area contributed by atoms with E-state index in [0.29, 0.717) is 5.92 Å². The van der Waals surface area contributed by atoms with Crippen LogP contribution < -0.4 is 4.74 Å². The maximum Gasteiger partial charge on any atom is 0.573 e. The van der Waals surface area contributed by atoms with Gasteiger partial charge in [0.05, 0.1) is 0 Å². The normalized spacial score (nSPS) is 27.2. The minimum absolute atomic E-state index is 0.132. The first-order valence-electron chi connectivity index (χ1n) is 12.4. The van der Waals surface area contributed by atoms with E-state index in [9.17, 15) is 13.2 Å². The molecule has 0 aliphatic heterocycles. The molecule has 2 saturated carbocycles. The molecular weight excluding hydrogens is 401 g/mol. The third-order valence-electron chi connectivity index (χ3n) is 7.38. The van der Waals surface area contributed by atoms with Crippen LogP contribution in [0.2, 0.25) is 0 Å². The zero-order chi connectivity index (χ0) is 22.1. The van der Waals surface area contributed by atoms with E-state index in [0.717, 1.165) is 49.4 Å². The van der Waals surface area contributed by atoms with Gasteiger partial charge in [-0.05, 0) is 86.3 Å². The Bertz CT molecular complexity index is 613. The molecule has 0 N–H and O–H groups in total. The van der Waals surface area contributed by atoms with E-state index in [-0.39, 0.29) is 5.75 Å². The van der Waals surface area contributed by atoms with Crippen molar-refractivity contribution in [3.05, 3.63) is 29.8 Å². The van der Waals surface area contributed by atoms with E-state index in [1.807, 2.05) is 0 Å². The monoisotopic (exact) mass is 440 g/mol. The molecule has 1 aromatic carbocycles. The predicted octanol–water partition coefficient (Wildman–Crippen LogP) is 8.26. The van der Waals surface area contributed by atoms with Crippen molar-refractivity contribution in [2.24, 2.45) is 17.8 Å². The highest BCUT2D eigenvalue weighted by Gasteiger charge is 2.31. The molecule has 0 bridgehead atoms. The van der Waals surface area contributed by atoms with Gasteiger partial charge in [-0.2, -0.15) is 0 Å². The number of alkyl halides is 3. The quantitative estimate of drug-likeness (QED) is 0.341. The predicted molar refractivity (Wildman–Crippen MR) is 118 cm³/mol. The zero-order valence-electron chi connectivity index (χ0n) is 19.0. The second-order valence-electron chi connectivity index (χ2n) is 9.73. The summed E-state index contributed by atoms with van der Waals surface area (Å²) in [4.78, 5) is 0. The molecular formula is C26H39F3O2. The number of hydrogen-bond donors (Lipinski definition) is 0. The van der Waals surface area contributed by atoms with Crippen molar-refractivity contribution >= 4 is 0 Å². The number of halogens is 3. The highest BCUT2D eigenvalue weighted by Crippen LogP contribution is 2.40. The second kappa shape index (κ2) is 12.1. The van der Waals surface area contributed by atoms with Crippen molar-refractivity contribution in [2.75, 3.05) is 13.2 Å². The van der Waals surface area contributed by atoms with E-state index in [1.54, 1.807) is 12.1 Å². The van der Waals surface area contributed by atoms with Crippen molar-refractivity contribution in [1.29, 1.82) is 0 Å². The van der Waals surface area contributed by atoms with Crippen molar-refractivity contribution in [3.8, 4) is 5.75 Å². The molecule has 2 aliphatic rings. The van der Waals surface area contributed by atoms with Crippen LogP contribution in [0.1, 0.15) is 95.5 Å². The summed E-state index contributed by atoms with van der Waals surface area (Å²) in [5.41, 5.74) is 1.15. The molecule has 3 rings (SSSR count). The molecule has 0 saturated heterocycles. The van der Waals surface area contributed by atoms with E-state index in [1.165, 1.54) is 76.3 Å². The Morgan fingerprint density at radius 2 is 1.35 bits per heavy atom. The largest absolute Gasteiger partial charge is 0.573 e. The van der Waals surface area contributed by atoms with Crippen LogP contribution in [0.5, 0.6) is 5.75 Å². The molecule has 0 atom stereocenters. The lowest BCUT2D eigenvalue weighted by Crippen LogP contribution is -2.20. The topological polar surface area (TPSA) is 18.5 Å². The first-order valence-corrected chi connectivity index (χ1v) is 12.4. The molecule has 5 heteroatoms. The molecule has 2 fully saturated rings. The van der Waals surface area contributed by atoms with Crippen LogP contribution in [0.25, 0.3) is 0 Å². The van der Waals surface area contributed by atoms with Crippen molar-refractivity contribution < 1.29 is 22.6 Å². The lowest BCUT2D eigenvalue weighted by molar-refractivity contribution is -0.274. The average molecular weight is 441 g/mol. The lowest BCUT2D eigenvalue weighted by atomic mass is 9.74. The van der Waals surface area contributed by atoms with Gasteiger partial charge in [0.1, 0.15) is 5.75 Å². The first-order chi connectivity index (χ1) is 14.9. The van der Waals surface area contributed by atoms with Gasteiger partial charge in [0.15, 0.2) is 0 Å². The summed E-state index contributed by atoms with van der Waals surface area (Å²) in [5, 5.41) is 0. The van der Waals surface area contributed by atoms with Crippen LogP contribution >= 0.6 is 0 Å².